The molecule has 0 radical (unpaired) electrons. The molecule has 0 saturated carbocycles. The van der Waals surface area contributed by atoms with Crippen molar-refractivity contribution in [3.05, 3.63) is 38.7 Å². The van der Waals surface area contributed by atoms with Crippen LogP contribution in [0.3, 0.4) is 0 Å². The second kappa shape index (κ2) is 6.04. The highest BCUT2D eigenvalue weighted by atomic mass is 16.5. The van der Waals surface area contributed by atoms with Crippen molar-refractivity contribution in [2.75, 3.05) is 6.61 Å². The smallest absolute Gasteiger partial charge is 0.330 e. The number of carbonyl (C=O) groups excluding carboxylic acids is 1. The van der Waals surface area contributed by atoms with Gasteiger partial charge >= 0.3 is 5.69 Å². The Morgan fingerprint density at radius 1 is 1.57 bits per heavy atom. The molecule has 9 nitrogen and oxygen atoms in total. The maximum atomic E-state index is 11.8. The first-order valence-corrected chi connectivity index (χ1v) is 6.19. The van der Waals surface area contributed by atoms with Crippen molar-refractivity contribution in [1.82, 2.24) is 9.55 Å². The number of hydrogen-bond donors (Lipinski definition) is 4. The molecule has 1 aliphatic rings. The van der Waals surface area contributed by atoms with Crippen LogP contribution >= 0.6 is 0 Å². The average molecular weight is 297 g/mol. The van der Waals surface area contributed by atoms with Gasteiger partial charge in [0.1, 0.15) is 12.3 Å². The summed E-state index contributed by atoms with van der Waals surface area (Å²) < 4.78 is 6.42. The highest BCUT2D eigenvalue weighted by Crippen LogP contribution is 2.27. The number of primary amides is 1. The van der Waals surface area contributed by atoms with Crippen molar-refractivity contribution < 1.29 is 19.7 Å². The van der Waals surface area contributed by atoms with Crippen LogP contribution in [0.2, 0.25) is 0 Å². The molecular weight excluding hydrogens is 282 g/mol. The number of aliphatic hydroxyl groups excluding tert-OH is 2. The fourth-order valence-electron chi connectivity index (χ4n) is 2.06. The van der Waals surface area contributed by atoms with Crippen LogP contribution in [0.25, 0.3) is 6.08 Å². The van der Waals surface area contributed by atoms with Gasteiger partial charge in [0.15, 0.2) is 0 Å². The number of aromatic amines is 1. The number of nitrogens with one attached hydrogen (secondary N) is 1. The summed E-state index contributed by atoms with van der Waals surface area (Å²) in [5.74, 6) is -0.736. The Hall–Kier alpha value is -2.23. The normalized spacial score (nSPS) is 25.5. The molecule has 3 atom stereocenters. The maximum absolute atomic E-state index is 11.8. The fourth-order valence-corrected chi connectivity index (χ4v) is 2.06. The molecule has 1 fully saturated rings. The summed E-state index contributed by atoms with van der Waals surface area (Å²) in [4.78, 5) is 36.2. The standard InChI is InChI=1S/C12H15N3O6/c13-9(18)2-1-6-4-15(12(20)14-11(6)19)10-3-7(17)8(5-16)21-10/h1-2,4,7-8,10,16-17H,3,5H2,(H2,13,18)(H,14,19,20)/t7?,8-,10-/m0/s1. The number of H-pyrrole nitrogens is 1. The number of rotatable bonds is 4. The van der Waals surface area contributed by atoms with Crippen LogP contribution in [-0.4, -0.2) is 44.5 Å². The van der Waals surface area contributed by atoms with Gasteiger partial charge in [0.2, 0.25) is 5.91 Å². The van der Waals surface area contributed by atoms with Crippen molar-refractivity contribution in [1.29, 1.82) is 0 Å². The Balaban J connectivity index is 2.37. The average Bonchev–Trinajstić information content (AvgIpc) is 2.78. The third-order valence-corrected chi connectivity index (χ3v) is 3.12. The minimum atomic E-state index is -0.913. The predicted molar refractivity (Wildman–Crippen MR) is 71.2 cm³/mol. The molecule has 1 aliphatic heterocycles. The molecular formula is C12H15N3O6. The van der Waals surface area contributed by atoms with E-state index in [-0.39, 0.29) is 18.6 Å². The highest BCUT2D eigenvalue weighted by molar-refractivity contribution is 5.90. The van der Waals surface area contributed by atoms with Crippen LogP contribution in [0.5, 0.6) is 0 Å². The van der Waals surface area contributed by atoms with Gasteiger partial charge in [0.25, 0.3) is 5.56 Å². The lowest BCUT2D eigenvalue weighted by molar-refractivity contribution is -0.113. The molecule has 2 rings (SSSR count). The predicted octanol–water partition coefficient (Wildman–Crippen LogP) is -2.32. The first kappa shape index (κ1) is 15.2. The second-order valence-corrected chi connectivity index (χ2v) is 4.60. The Morgan fingerprint density at radius 2 is 2.29 bits per heavy atom. The summed E-state index contributed by atoms with van der Waals surface area (Å²) in [6.07, 6.45) is 0.935. The summed E-state index contributed by atoms with van der Waals surface area (Å²) in [5, 5.41) is 18.7. The molecule has 1 saturated heterocycles. The van der Waals surface area contributed by atoms with E-state index in [1.165, 1.54) is 12.3 Å². The molecule has 2 heterocycles. The molecule has 114 valence electrons. The molecule has 21 heavy (non-hydrogen) atoms. The van der Waals surface area contributed by atoms with Crippen molar-refractivity contribution in [3.8, 4) is 0 Å². The molecule has 0 bridgehead atoms. The Kier molecular flexibility index (Phi) is 4.36. The molecule has 0 aliphatic carbocycles. The summed E-state index contributed by atoms with van der Waals surface area (Å²) >= 11 is 0. The van der Waals surface area contributed by atoms with Crippen molar-refractivity contribution in [2.24, 2.45) is 5.73 Å². The van der Waals surface area contributed by atoms with Gasteiger partial charge in [0.05, 0.1) is 18.3 Å². The van der Waals surface area contributed by atoms with Crippen molar-refractivity contribution in [2.45, 2.75) is 24.9 Å². The van der Waals surface area contributed by atoms with Gasteiger partial charge in [-0.3, -0.25) is 19.1 Å². The molecule has 1 unspecified atom stereocenters. The van der Waals surface area contributed by atoms with E-state index in [2.05, 4.69) is 4.98 Å². The Labute approximate surface area is 118 Å². The Bertz CT molecular complexity index is 676. The van der Waals surface area contributed by atoms with Gasteiger partial charge in [-0.2, -0.15) is 0 Å². The van der Waals surface area contributed by atoms with E-state index in [9.17, 15) is 19.5 Å². The van der Waals surface area contributed by atoms with E-state index < -0.39 is 35.6 Å². The zero-order valence-electron chi connectivity index (χ0n) is 10.9. The van der Waals surface area contributed by atoms with E-state index in [0.29, 0.717) is 0 Å². The fraction of sp³-hybridized carbons (Fsp3) is 0.417. The third kappa shape index (κ3) is 3.27. The number of amides is 1. The topological polar surface area (TPSA) is 148 Å². The molecule has 9 heteroatoms. The SMILES string of the molecule is NC(=O)C=Cc1cn([C@@H]2CC(O)[C@H](CO)O2)c(=O)[nH]c1=O. The molecule has 0 spiro atoms. The van der Waals surface area contributed by atoms with Crippen LogP contribution in [0, 0.1) is 0 Å². The van der Waals surface area contributed by atoms with E-state index in [4.69, 9.17) is 15.6 Å². The van der Waals surface area contributed by atoms with E-state index >= 15 is 0 Å². The highest BCUT2D eigenvalue weighted by Gasteiger charge is 2.35. The summed E-state index contributed by atoms with van der Waals surface area (Å²) in [6.45, 7) is -0.385. The quantitative estimate of drug-likeness (QED) is 0.458. The Morgan fingerprint density at radius 3 is 2.86 bits per heavy atom. The van der Waals surface area contributed by atoms with Crippen LogP contribution in [0.4, 0.5) is 0 Å². The first-order chi connectivity index (χ1) is 9.92. The largest absolute Gasteiger partial charge is 0.394 e. The zero-order valence-corrected chi connectivity index (χ0v) is 10.9. The van der Waals surface area contributed by atoms with Crippen LogP contribution < -0.4 is 17.0 Å². The number of nitrogens with zero attached hydrogens (tertiary/aromatic N) is 1. The number of nitrogens with two attached hydrogens (primary N) is 1. The van der Waals surface area contributed by atoms with E-state index in [1.807, 2.05) is 0 Å². The van der Waals surface area contributed by atoms with Crippen LogP contribution in [0.15, 0.2) is 21.9 Å². The van der Waals surface area contributed by atoms with Gasteiger partial charge in [-0.05, 0) is 6.08 Å². The number of hydrogen-bond acceptors (Lipinski definition) is 6. The molecule has 1 aromatic heterocycles. The van der Waals surface area contributed by atoms with Gasteiger partial charge in [0, 0.05) is 18.7 Å². The molecule has 1 amide bonds. The number of ether oxygens (including phenoxy) is 1. The van der Waals surface area contributed by atoms with Crippen molar-refractivity contribution >= 4 is 12.0 Å². The number of aromatic nitrogens is 2. The minimum absolute atomic E-state index is 0.0407. The van der Waals surface area contributed by atoms with Gasteiger partial charge in [-0.15, -0.1) is 0 Å². The summed E-state index contributed by atoms with van der Waals surface area (Å²) in [5.41, 5.74) is 3.59. The summed E-state index contributed by atoms with van der Waals surface area (Å²) in [7, 11) is 0. The zero-order chi connectivity index (χ0) is 15.6. The van der Waals surface area contributed by atoms with Crippen LogP contribution in [-0.2, 0) is 9.53 Å². The summed E-state index contributed by atoms with van der Waals surface area (Å²) in [6, 6.07) is 0. The molecule has 1 aromatic rings. The van der Waals surface area contributed by atoms with E-state index in [1.54, 1.807) is 0 Å². The number of aliphatic hydroxyl groups is 2. The third-order valence-electron chi connectivity index (χ3n) is 3.12. The maximum Gasteiger partial charge on any atom is 0.330 e. The number of carbonyl (C=O) groups is 1. The second-order valence-electron chi connectivity index (χ2n) is 4.60. The van der Waals surface area contributed by atoms with Gasteiger partial charge in [-0.1, -0.05) is 0 Å². The lowest BCUT2D eigenvalue weighted by Gasteiger charge is -2.14. The van der Waals surface area contributed by atoms with Crippen molar-refractivity contribution in [3.63, 3.8) is 0 Å². The van der Waals surface area contributed by atoms with E-state index in [0.717, 1.165) is 10.6 Å². The molecule has 0 aromatic carbocycles. The molecule has 5 N–H and O–H groups in total. The monoisotopic (exact) mass is 297 g/mol. The van der Waals surface area contributed by atoms with Gasteiger partial charge < -0.3 is 20.7 Å². The first-order valence-electron chi connectivity index (χ1n) is 6.19. The van der Waals surface area contributed by atoms with Crippen LogP contribution in [0.1, 0.15) is 18.2 Å². The lowest BCUT2D eigenvalue weighted by atomic mass is 10.2. The lowest BCUT2D eigenvalue weighted by Crippen LogP contribution is -2.33. The minimum Gasteiger partial charge on any atom is -0.394 e. The van der Waals surface area contributed by atoms with Gasteiger partial charge in [-0.25, -0.2) is 4.79 Å².